The van der Waals surface area contributed by atoms with Crippen LogP contribution in [0.1, 0.15) is 23.0 Å². The van der Waals surface area contributed by atoms with E-state index in [-0.39, 0.29) is 17.9 Å². The number of carbonyl (C=O) groups excluding carboxylic acids is 1. The lowest BCUT2D eigenvalue weighted by Crippen LogP contribution is -2.07. The highest BCUT2D eigenvalue weighted by atomic mass is 19.1. The number of aromatic nitrogens is 1. The summed E-state index contributed by atoms with van der Waals surface area (Å²) in [4.78, 5) is 15.1. The van der Waals surface area contributed by atoms with Crippen molar-refractivity contribution in [2.75, 3.05) is 13.7 Å². The molecule has 0 fully saturated rings. The molecule has 0 unspecified atom stereocenters. The molecule has 2 aromatic rings. The Balaban J connectivity index is 2.51. The molecule has 1 heterocycles. The molecule has 1 aromatic carbocycles. The molecule has 2 rings (SSSR count). The minimum absolute atomic E-state index is 0.0305. The number of hydrogen-bond donors (Lipinski definition) is 0. The number of benzene rings is 1. The van der Waals surface area contributed by atoms with Gasteiger partial charge in [0.1, 0.15) is 28.8 Å². The number of rotatable bonds is 5. The molecule has 122 valence electrons. The molecule has 0 saturated heterocycles. The van der Waals surface area contributed by atoms with Crippen LogP contribution in [0.2, 0.25) is 0 Å². The van der Waals surface area contributed by atoms with Gasteiger partial charge in [0.2, 0.25) is 0 Å². The van der Waals surface area contributed by atoms with Gasteiger partial charge < -0.3 is 9.47 Å². The van der Waals surface area contributed by atoms with E-state index < -0.39 is 34.7 Å². The second-order valence-corrected chi connectivity index (χ2v) is 4.59. The lowest BCUT2D eigenvalue weighted by molar-refractivity contribution is 0.0594. The van der Waals surface area contributed by atoms with Gasteiger partial charge in [0.05, 0.1) is 19.3 Å². The minimum atomic E-state index is -0.992. The van der Waals surface area contributed by atoms with Crippen molar-refractivity contribution in [3.8, 4) is 11.3 Å². The third-order valence-electron chi connectivity index (χ3n) is 3.05. The highest BCUT2D eigenvalue weighted by molar-refractivity contribution is 5.87. The Morgan fingerprint density at radius 2 is 1.78 bits per heavy atom. The quantitative estimate of drug-likeness (QED) is 0.790. The van der Waals surface area contributed by atoms with Crippen molar-refractivity contribution in [2.45, 2.75) is 13.5 Å². The van der Waals surface area contributed by atoms with Gasteiger partial charge in [0.15, 0.2) is 0 Å². The Labute approximate surface area is 130 Å². The van der Waals surface area contributed by atoms with E-state index in [1.165, 1.54) is 0 Å². The van der Waals surface area contributed by atoms with Crippen LogP contribution in [0.15, 0.2) is 24.3 Å². The lowest BCUT2D eigenvalue weighted by atomic mass is 10.1. The summed E-state index contributed by atoms with van der Waals surface area (Å²) in [6, 6.07) is 4.06. The van der Waals surface area contributed by atoms with E-state index in [4.69, 9.17) is 4.74 Å². The summed E-state index contributed by atoms with van der Waals surface area (Å²) in [6.45, 7) is 2.17. The smallest absolute Gasteiger partial charge is 0.356 e. The average molecular weight is 325 g/mol. The van der Waals surface area contributed by atoms with Gasteiger partial charge >= 0.3 is 5.97 Å². The fraction of sp³-hybridized carbons (Fsp3) is 0.250. The van der Waals surface area contributed by atoms with Crippen molar-refractivity contribution in [1.82, 2.24) is 4.98 Å². The molecule has 0 amide bonds. The number of ether oxygens (including phenoxy) is 2. The molecule has 0 spiro atoms. The maximum atomic E-state index is 14.2. The van der Waals surface area contributed by atoms with Gasteiger partial charge in [-0.25, -0.2) is 22.9 Å². The van der Waals surface area contributed by atoms with E-state index in [0.717, 1.165) is 31.4 Å². The Morgan fingerprint density at radius 3 is 2.35 bits per heavy atom. The first kappa shape index (κ1) is 17.0. The minimum Gasteiger partial charge on any atom is -0.464 e. The number of nitrogens with zero attached hydrogens (tertiary/aromatic N) is 1. The van der Waals surface area contributed by atoms with Crippen LogP contribution in [0, 0.1) is 17.5 Å². The summed E-state index contributed by atoms with van der Waals surface area (Å²) in [5.74, 6) is -3.77. The third-order valence-corrected chi connectivity index (χ3v) is 3.05. The van der Waals surface area contributed by atoms with Crippen LogP contribution in [0.5, 0.6) is 0 Å². The zero-order valence-electron chi connectivity index (χ0n) is 12.5. The molecule has 0 saturated carbocycles. The fourth-order valence-corrected chi connectivity index (χ4v) is 1.99. The lowest BCUT2D eigenvalue weighted by Gasteiger charge is -2.10. The van der Waals surface area contributed by atoms with Crippen LogP contribution in [0.25, 0.3) is 11.3 Å². The number of carbonyl (C=O) groups is 1. The molecule has 0 aliphatic carbocycles. The predicted molar refractivity (Wildman–Crippen MR) is 76.2 cm³/mol. The average Bonchev–Trinajstić information content (AvgIpc) is 2.53. The van der Waals surface area contributed by atoms with E-state index in [1.807, 2.05) is 0 Å². The SMILES string of the molecule is CCOCc1cc(F)c(-c2nc(C(=O)OC)ccc2F)c(F)c1. The normalized spacial score (nSPS) is 10.7. The molecule has 0 aliphatic rings. The van der Waals surface area contributed by atoms with Crippen LogP contribution in [0.3, 0.4) is 0 Å². The zero-order chi connectivity index (χ0) is 17.0. The van der Waals surface area contributed by atoms with Crippen molar-refractivity contribution >= 4 is 5.97 Å². The van der Waals surface area contributed by atoms with Gasteiger partial charge in [-0.15, -0.1) is 0 Å². The molecule has 7 heteroatoms. The molecule has 0 N–H and O–H groups in total. The van der Waals surface area contributed by atoms with E-state index in [0.29, 0.717) is 6.61 Å². The van der Waals surface area contributed by atoms with Crippen molar-refractivity contribution in [1.29, 1.82) is 0 Å². The Bertz CT molecular complexity index is 712. The molecular weight excluding hydrogens is 311 g/mol. The molecule has 0 radical (unpaired) electrons. The second-order valence-electron chi connectivity index (χ2n) is 4.59. The summed E-state index contributed by atoms with van der Waals surface area (Å²) >= 11 is 0. The van der Waals surface area contributed by atoms with E-state index in [2.05, 4.69) is 9.72 Å². The predicted octanol–water partition coefficient (Wildman–Crippen LogP) is 3.49. The first-order valence-corrected chi connectivity index (χ1v) is 6.78. The Kier molecular flexibility index (Phi) is 5.33. The Hall–Kier alpha value is -2.41. The summed E-state index contributed by atoms with van der Waals surface area (Å²) < 4.78 is 51.9. The fourth-order valence-electron chi connectivity index (χ4n) is 1.99. The first-order chi connectivity index (χ1) is 11.0. The van der Waals surface area contributed by atoms with E-state index >= 15 is 0 Å². The topological polar surface area (TPSA) is 48.4 Å². The summed E-state index contributed by atoms with van der Waals surface area (Å²) in [5, 5.41) is 0. The van der Waals surface area contributed by atoms with Crippen LogP contribution < -0.4 is 0 Å². The highest BCUT2D eigenvalue weighted by Crippen LogP contribution is 2.28. The number of halogens is 3. The maximum Gasteiger partial charge on any atom is 0.356 e. The number of methoxy groups -OCH3 is 1. The Morgan fingerprint density at radius 1 is 1.13 bits per heavy atom. The van der Waals surface area contributed by atoms with Crippen molar-refractivity contribution in [2.24, 2.45) is 0 Å². The number of pyridine rings is 1. The summed E-state index contributed by atoms with van der Waals surface area (Å²) in [6.07, 6.45) is 0. The molecular formula is C16H14F3NO3. The largest absolute Gasteiger partial charge is 0.464 e. The highest BCUT2D eigenvalue weighted by Gasteiger charge is 2.20. The number of hydrogen-bond acceptors (Lipinski definition) is 4. The zero-order valence-corrected chi connectivity index (χ0v) is 12.5. The van der Waals surface area contributed by atoms with Gasteiger partial charge in [-0.05, 0) is 36.8 Å². The molecule has 0 bridgehead atoms. The van der Waals surface area contributed by atoms with Crippen molar-refractivity contribution in [3.05, 3.63) is 53.0 Å². The summed E-state index contributed by atoms with van der Waals surface area (Å²) in [5.41, 5.74) is -1.21. The van der Waals surface area contributed by atoms with Crippen molar-refractivity contribution < 1.29 is 27.4 Å². The van der Waals surface area contributed by atoms with E-state index in [9.17, 15) is 18.0 Å². The van der Waals surface area contributed by atoms with Crippen LogP contribution in [-0.2, 0) is 16.1 Å². The summed E-state index contributed by atoms with van der Waals surface area (Å²) in [7, 11) is 1.12. The second kappa shape index (κ2) is 7.23. The van der Waals surface area contributed by atoms with E-state index in [1.54, 1.807) is 6.92 Å². The standard InChI is InChI=1S/C16H14F3NO3/c1-3-23-8-9-6-11(18)14(12(19)7-9)15-10(17)4-5-13(20-15)16(21)22-2/h4-7H,3,8H2,1-2H3. The van der Waals surface area contributed by atoms with Gasteiger partial charge in [-0.1, -0.05) is 0 Å². The third kappa shape index (κ3) is 3.68. The first-order valence-electron chi connectivity index (χ1n) is 6.78. The molecule has 4 nitrogen and oxygen atoms in total. The van der Waals surface area contributed by atoms with Gasteiger partial charge in [-0.3, -0.25) is 0 Å². The molecule has 1 aromatic heterocycles. The monoisotopic (exact) mass is 325 g/mol. The molecule has 0 atom stereocenters. The van der Waals surface area contributed by atoms with Gasteiger partial charge in [-0.2, -0.15) is 0 Å². The number of esters is 1. The molecule has 0 aliphatic heterocycles. The van der Waals surface area contributed by atoms with Gasteiger partial charge in [0, 0.05) is 6.61 Å². The maximum absolute atomic E-state index is 14.2. The molecule has 23 heavy (non-hydrogen) atoms. The van der Waals surface area contributed by atoms with Crippen LogP contribution >= 0.6 is 0 Å². The van der Waals surface area contributed by atoms with Crippen LogP contribution in [0.4, 0.5) is 13.2 Å². The van der Waals surface area contributed by atoms with Crippen LogP contribution in [-0.4, -0.2) is 24.7 Å². The van der Waals surface area contributed by atoms with Gasteiger partial charge in [0.25, 0.3) is 0 Å². The van der Waals surface area contributed by atoms with Crippen molar-refractivity contribution in [3.63, 3.8) is 0 Å².